The van der Waals surface area contributed by atoms with E-state index < -0.39 is 6.04 Å². The first kappa shape index (κ1) is 25.5. The van der Waals surface area contributed by atoms with Crippen LogP contribution < -0.4 is 10.1 Å². The largest absolute Gasteiger partial charge is 0.497 e. The molecule has 0 heterocycles. The van der Waals surface area contributed by atoms with Crippen LogP contribution in [0.15, 0.2) is 78.9 Å². The maximum Gasteiger partial charge on any atom is 0.243 e. The Bertz CT molecular complexity index is 1140. The molecule has 3 aromatic rings. The summed E-state index contributed by atoms with van der Waals surface area (Å²) in [6.07, 6.45) is 4.97. The molecule has 4 rings (SSSR count). The van der Waals surface area contributed by atoms with E-state index in [4.69, 9.17) is 4.74 Å². The van der Waals surface area contributed by atoms with Gasteiger partial charge >= 0.3 is 0 Å². The van der Waals surface area contributed by atoms with Crippen molar-refractivity contribution in [2.75, 3.05) is 7.11 Å². The Balaban J connectivity index is 1.64. The number of amides is 2. The molecule has 0 spiro atoms. The summed E-state index contributed by atoms with van der Waals surface area (Å²) in [6, 6.07) is 25.3. The average molecular weight is 485 g/mol. The first-order chi connectivity index (χ1) is 17.5. The second-order valence-electron chi connectivity index (χ2n) is 9.73. The Hall–Kier alpha value is -3.60. The van der Waals surface area contributed by atoms with Crippen LogP contribution >= 0.6 is 0 Å². The van der Waals surface area contributed by atoms with Gasteiger partial charge in [-0.3, -0.25) is 9.59 Å². The minimum atomic E-state index is -0.598. The molecule has 5 nitrogen and oxygen atoms in total. The van der Waals surface area contributed by atoms with Crippen molar-refractivity contribution in [1.29, 1.82) is 0 Å². The lowest BCUT2D eigenvalue weighted by Gasteiger charge is -2.32. The van der Waals surface area contributed by atoms with E-state index >= 15 is 0 Å². The highest BCUT2D eigenvalue weighted by Gasteiger charge is 2.32. The number of hydrogen-bond acceptors (Lipinski definition) is 3. The van der Waals surface area contributed by atoms with E-state index in [1.165, 1.54) is 0 Å². The fourth-order valence-corrected chi connectivity index (χ4v) is 4.95. The molecule has 1 fully saturated rings. The van der Waals surface area contributed by atoms with Crippen molar-refractivity contribution < 1.29 is 14.3 Å². The maximum absolute atomic E-state index is 13.8. The van der Waals surface area contributed by atoms with Crippen LogP contribution in [0.2, 0.25) is 0 Å². The van der Waals surface area contributed by atoms with E-state index in [0.717, 1.165) is 53.7 Å². The third kappa shape index (κ3) is 6.97. The maximum atomic E-state index is 13.8. The molecule has 1 aliphatic carbocycles. The highest BCUT2D eigenvalue weighted by atomic mass is 16.5. The van der Waals surface area contributed by atoms with Crippen molar-refractivity contribution in [3.63, 3.8) is 0 Å². The Kier molecular flexibility index (Phi) is 8.77. The normalized spacial score (nSPS) is 14.3. The van der Waals surface area contributed by atoms with Gasteiger partial charge in [0.2, 0.25) is 11.8 Å². The lowest BCUT2D eigenvalue weighted by atomic mass is 10.0. The van der Waals surface area contributed by atoms with Gasteiger partial charge in [-0.1, -0.05) is 85.1 Å². The Labute approximate surface area is 214 Å². The zero-order chi connectivity index (χ0) is 25.3. The summed E-state index contributed by atoms with van der Waals surface area (Å²) in [4.78, 5) is 29.3. The van der Waals surface area contributed by atoms with Crippen LogP contribution in [0.4, 0.5) is 0 Å². The van der Waals surface area contributed by atoms with E-state index in [0.29, 0.717) is 13.0 Å². The van der Waals surface area contributed by atoms with Gasteiger partial charge in [-0.15, -0.1) is 0 Å². The minimum Gasteiger partial charge on any atom is -0.497 e. The first-order valence-corrected chi connectivity index (χ1v) is 12.8. The molecule has 1 aliphatic rings. The highest BCUT2D eigenvalue weighted by Crippen LogP contribution is 2.21. The molecule has 5 heteroatoms. The van der Waals surface area contributed by atoms with E-state index in [1.54, 1.807) is 12.0 Å². The van der Waals surface area contributed by atoms with E-state index in [9.17, 15) is 9.59 Å². The predicted molar refractivity (Wildman–Crippen MR) is 143 cm³/mol. The fourth-order valence-electron chi connectivity index (χ4n) is 4.95. The van der Waals surface area contributed by atoms with Crippen LogP contribution in [-0.4, -0.2) is 35.9 Å². The van der Waals surface area contributed by atoms with Crippen LogP contribution in [0.1, 0.15) is 47.9 Å². The molecule has 1 atom stereocenters. The molecule has 0 bridgehead atoms. The van der Waals surface area contributed by atoms with Crippen molar-refractivity contribution in [3.05, 3.63) is 101 Å². The molecular formula is C31H36N2O3. The summed E-state index contributed by atoms with van der Waals surface area (Å²) in [5.41, 5.74) is 4.08. The summed E-state index contributed by atoms with van der Waals surface area (Å²) in [6.45, 7) is 2.42. The minimum absolute atomic E-state index is 0.0656. The van der Waals surface area contributed by atoms with Gasteiger partial charge in [0.25, 0.3) is 0 Å². The number of rotatable bonds is 10. The van der Waals surface area contributed by atoms with Gasteiger partial charge in [0.1, 0.15) is 11.8 Å². The second kappa shape index (κ2) is 12.4. The third-order valence-electron chi connectivity index (χ3n) is 6.92. The molecule has 0 radical (unpaired) electrons. The van der Waals surface area contributed by atoms with Crippen molar-refractivity contribution in [3.8, 4) is 5.75 Å². The van der Waals surface area contributed by atoms with Gasteiger partial charge in [0.05, 0.1) is 13.5 Å². The lowest BCUT2D eigenvalue weighted by molar-refractivity contribution is -0.141. The van der Waals surface area contributed by atoms with Gasteiger partial charge in [-0.2, -0.15) is 0 Å². The monoisotopic (exact) mass is 484 g/mol. The van der Waals surface area contributed by atoms with E-state index in [2.05, 4.69) is 11.4 Å². The van der Waals surface area contributed by atoms with Crippen LogP contribution in [0, 0.1) is 6.92 Å². The van der Waals surface area contributed by atoms with Crippen molar-refractivity contribution in [2.24, 2.45) is 0 Å². The highest BCUT2D eigenvalue weighted by molar-refractivity contribution is 5.89. The number of aryl methyl sites for hydroxylation is 1. The molecular weight excluding hydrogens is 448 g/mol. The summed E-state index contributed by atoms with van der Waals surface area (Å²) in [7, 11) is 1.63. The average Bonchev–Trinajstić information content (AvgIpc) is 3.40. The number of benzene rings is 3. The second-order valence-corrected chi connectivity index (χ2v) is 9.73. The standard InChI is InChI=1S/C31H36N2O3/c1-23-9-8-12-26(19-23)22-33(30(34)21-25-15-17-28(36-2)18-16-25)29(20-24-10-4-3-5-11-24)31(35)32-27-13-6-7-14-27/h3-5,8-12,15-19,27,29H,6-7,13-14,20-22H2,1-2H3,(H,32,35). The molecule has 0 aliphatic heterocycles. The van der Waals surface area contributed by atoms with Gasteiger partial charge in [0.15, 0.2) is 0 Å². The molecule has 3 aromatic carbocycles. The van der Waals surface area contributed by atoms with Crippen LogP contribution in [0.5, 0.6) is 5.75 Å². The molecule has 1 saturated carbocycles. The lowest BCUT2D eigenvalue weighted by Crippen LogP contribution is -2.52. The molecule has 0 aromatic heterocycles. The molecule has 1 unspecified atom stereocenters. The number of nitrogens with one attached hydrogen (secondary N) is 1. The third-order valence-corrected chi connectivity index (χ3v) is 6.92. The van der Waals surface area contributed by atoms with Crippen LogP contribution in [0.25, 0.3) is 0 Å². The zero-order valence-corrected chi connectivity index (χ0v) is 21.3. The number of ether oxygens (including phenoxy) is 1. The molecule has 188 valence electrons. The van der Waals surface area contributed by atoms with Crippen LogP contribution in [0.3, 0.4) is 0 Å². The molecule has 36 heavy (non-hydrogen) atoms. The summed E-state index contributed by atoms with van der Waals surface area (Å²) < 4.78 is 5.26. The Morgan fingerprint density at radius 2 is 1.61 bits per heavy atom. The van der Waals surface area contributed by atoms with Crippen molar-refractivity contribution >= 4 is 11.8 Å². The fraction of sp³-hybridized carbons (Fsp3) is 0.355. The van der Waals surface area contributed by atoms with Gasteiger partial charge < -0.3 is 15.0 Å². The Morgan fingerprint density at radius 1 is 0.917 bits per heavy atom. The first-order valence-electron chi connectivity index (χ1n) is 12.8. The summed E-state index contributed by atoms with van der Waals surface area (Å²) in [5.74, 6) is 0.617. The zero-order valence-electron chi connectivity index (χ0n) is 21.3. The topological polar surface area (TPSA) is 58.6 Å². The van der Waals surface area contributed by atoms with E-state index in [-0.39, 0.29) is 24.3 Å². The van der Waals surface area contributed by atoms with Gasteiger partial charge in [-0.25, -0.2) is 0 Å². The SMILES string of the molecule is COc1ccc(CC(=O)N(Cc2cccc(C)c2)C(Cc2ccccc2)C(=O)NC2CCCC2)cc1. The van der Waals surface area contributed by atoms with Gasteiger partial charge in [-0.05, 0) is 48.6 Å². The summed E-state index contributed by atoms with van der Waals surface area (Å²) in [5, 5.41) is 3.26. The number of carbonyl (C=O) groups excluding carboxylic acids is 2. The number of carbonyl (C=O) groups is 2. The quantitative estimate of drug-likeness (QED) is 0.428. The Morgan fingerprint density at radius 3 is 2.28 bits per heavy atom. The van der Waals surface area contributed by atoms with Crippen molar-refractivity contribution in [2.45, 2.75) is 64.1 Å². The molecule has 2 amide bonds. The smallest absolute Gasteiger partial charge is 0.243 e. The van der Waals surface area contributed by atoms with Crippen molar-refractivity contribution in [1.82, 2.24) is 10.2 Å². The predicted octanol–water partition coefficient (Wildman–Crippen LogP) is 5.25. The van der Waals surface area contributed by atoms with Crippen LogP contribution in [-0.2, 0) is 29.0 Å². The summed E-state index contributed by atoms with van der Waals surface area (Å²) >= 11 is 0. The molecule has 0 saturated heterocycles. The van der Waals surface area contributed by atoms with Gasteiger partial charge in [0, 0.05) is 19.0 Å². The number of methoxy groups -OCH3 is 1. The number of hydrogen-bond donors (Lipinski definition) is 1. The number of nitrogens with zero attached hydrogens (tertiary/aromatic N) is 1. The van der Waals surface area contributed by atoms with E-state index in [1.807, 2.05) is 79.7 Å². The molecule has 1 N–H and O–H groups in total.